The maximum Gasteiger partial charge on any atom is 0.116 e. The monoisotopic (exact) mass is 446 g/mol. The molecule has 2 heteroatoms. The maximum atomic E-state index is 9.91. The van der Waals surface area contributed by atoms with Gasteiger partial charge in [-0.05, 0) is 72.6 Å². The SMILES string of the molecule is Oc1ccc2c(ccc3c4ccccc4c(I)c(-c4ccccc4)c23)c1. The Kier molecular flexibility index (Phi) is 3.61. The molecule has 0 aliphatic heterocycles. The van der Waals surface area contributed by atoms with E-state index >= 15 is 0 Å². The van der Waals surface area contributed by atoms with Crippen LogP contribution in [0.2, 0.25) is 0 Å². The lowest BCUT2D eigenvalue weighted by atomic mass is 9.90. The predicted octanol–water partition coefficient (Wildman–Crippen LogP) is 7.12. The minimum Gasteiger partial charge on any atom is -0.508 e. The highest BCUT2D eigenvalue weighted by molar-refractivity contribution is 14.1. The van der Waals surface area contributed by atoms with Crippen LogP contribution in [0.25, 0.3) is 43.4 Å². The molecular weight excluding hydrogens is 431 g/mol. The summed E-state index contributed by atoms with van der Waals surface area (Å²) in [6.45, 7) is 0. The van der Waals surface area contributed by atoms with Crippen LogP contribution in [-0.4, -0.2) is 5.11 Å². The summed E-state index contributed by atoms with van der Waals surface area (Å²) in [5.41, 5.74) is 2.48. The largest absolute Gasteiger partial charge is 0.508 e. The molecule has 0 unspecified atom stereocenters. The van der Waals surface area contributed by atoms with Crippen molar-refractivity contribution in [3.63, 3.8) is 0 Å². The zero-order valence-electron chi connectivity index (χ0n) is 13.9. The van der Waals surface area contributed by atoms with Gasteiger partial charge in [0.2, 0.25) is 0 Å². The summed E-state index contributed by atoms with van der Waals surface area (Å²) in [5, 5.41) is 17.2. The summed E-state index contributed by atoms with van der Waals surface area (Å²) < 4.78 is 1.26. The van der Waals surface area contributed by atoms with Gasteiger partial charge in [0.1, 0.15) is 5.75 Å². The van der Waals surface area contributed by atoms with Gasteiger partial charge in [-0.3, -0.25) is 0 Å². The number of phenols is 1. The number of aromatic hydroxyl groups is 1. The van der Waals surface area contributed by atoms with Gasteiger partial charge in [0, 0.05) is 9.13 Å². The number of phenolic OH excluding ortho intramolecular Hbond substituents is 1. The van der Waals surface area contributed by atoms with E-state index in [0.717, 1.165) is 5.39 Å². The number of hydrogen-bond donors (Lipinski definition) is 1. The second-order valence-corrected chi connectivity index (χ2v) is 7.57. The van der Waals surface area contributed by atoms with Crippen LogP contribution in [0.1, 0.15) is 0 Å². The summed E-state index contributed by atoms with van der Waals surface area (Å²) in [5.74, 6) is 0.300. The number of fused-ring (bicyclic) bond motifs is 5. The lowest BCUT2D eigenvalue weighted by Gasteiger charge is -2.16. The number of benzene rings is 5. The van der Waals surface area contributed by atoms with Crippen LogP contribution in [0.15, 0.2) is 84.9 Å². The quantitative estimate of drug-likeness (QED) is 0.215. The lowest BCUT2D eigenvalue weighted by Crippen LogP contribution is -1.91. The number of halogens is 1. The fraction of sp³-hybridized carbons (Fsp3) is 0. The van der Waals surface area contributed by atoms with Gasteiger partial charge in [0.25, 0.3) is 0 Å². The summed E-state index contributed by atoms with van der Waals surface area (Å²) in [6, 6.07) is 29.1. The van der Waals surface area contributed by atoms with Crippen molar-refractivity contribution < 1.29 is 5.11 Å². The molecule has 1 nitrogen and oxygen atoms in total. The zero-order valence-corrected chi connectivity index (χ0v) is 16.1. The molecule has 0 amide bonds. The smallest absolute Gasteiger partial charge is 0.116 e. The van der Waals surface area contributed by atoms with Crippen LogP contribution in [0.5, 0.6) is 5.75 Å². The molecule has 26 heavy (non-hydrogen) atoms. The van der Waals surface area contributed by atoms with Gasteiger partial charge < -0.3 is 5.11 Å². The molecule has 0 aromatic heterocycles. The van der Waals surface area contributed by atoms with Crippen molar-refractivity contribution in [2.75, 3.05) is 0 Å². The normalized spacial score (nSPS) is 11.4. The first-order chi connectivity index (χ1) is 12.7. The third-order valence-corrected chi connectivity index (χ3v) is 6.11. The van der Waals surface area contributed by atoms with E-state index in [4.69, 9.17) is 0 Å². The second-order valence-electron chi connectivity index (χ2n) is 6.49. The predicted molar refractivity (Wildman–Crippen MR) is 119 cm³/mol. The van der Waals surface area contributed by atoms with Gasteiger partial charge in [-0.2, -0.15) is 0 Å². The summed E-state index contributed by atoms with van der Waals surface area (Å²) in [7, 11) is 0. The van der Waals surface area contributed by atoms with Crippen molar-refractivity contribution in [3.8, 4) is 16.9 Å². The molecule has 5 rings (SSSR count). The van der Waals surface area contributed by atoms with Gasteiger partial charge in [-0.15, -0.1) is 0 Å². The molecular formula is C24H15IO. The molecule has 0 aliphatic carbocycles. The minimum atomic E-state index is 0.300. The van der Waals surface area contributed by atoms with E-state index in [1.54, 1.807) is 6.07 Å². The first-order valence-corrected chi connectivity index (χ1v) is 9.63. The van der Waals surface area contributed by atoms with E-state index in [-0.39, 0.29) is 0 Å². The topological polar surface area (TPSA) is 20.2 Å². The van der Waals surface area contributed by atoms with Crippen LogP contribution < -0.4 is 0 Å². The molecule has 0 bridgehead atoms. The van der Waals surface area contributed by atoms with Gasteiger partial charge in [-0.1, -0.05) is 72.8 Å². The highest BCUT2D eigenvalue weighted by Crippen LogP contribution is 2.43. The first-order valence-electron chi connectivity index (χ1n) is 8.55. The minimum absolute atomic E-state index is 0.300. The molecule has 0 radical (unpaired) electrons. The van der Waals surface area contributed by atoms with Crippen molar-refractivity contribution >= 4 is 54.9 Å². The highest BCUT2D eigenvalue weighted by Gasteiger charge is 2.16. The second kappa shape index (κ2) is 5.99. The van der Waals surface area contributed by atoms with Crippen LogP contribution in [0.4, 0.5) is 0 Å². The number of hydrogen-bond acceptors (Lipinski definition) is 1. The molecule has 5 aromatic carbocycles. The van der Waals surface area contributed by atoms with E-state index in [1.807, 2.05) is 12.1 Å². The molecule has 0 atom stereocenters. The molecule has 1 N–H and O–H groups in total. The molecule has 0 heterocycles. The van der Waals surface area contributed by atoms with Crippen LogP contribution in [-0.2, 0) is 0 Å². The van der Waals surface area contributed by atoms with Crippen molar-refractivity contribution in [2.24, 2.45) is 0 Å². The average molecular weight is 446 g/mol. The maximum absolute atomic E-state index is 9.91. The summed E-state index contributed by atoms with van der Waals surface area (Å²) in [6.07, 6.45) is 0. The average Bonchev–Trinajstić information content (AvgIpc) is 2.68. The first kappa shape index (κ1) is 15.6. The lowest BCUT2D eigenvalue weighted by molar-refractivity contribution is 0.476. The van der Waals surface area contributed by atoms with Crippen LogP contribution in [0, 0.1) is 3.57 Å². The third kappa shape index (κ3) is 2.29. The molecule has 5 aromatic rings. The Hall–Kier alpha value is -2.59. The molecule has 124 valence electrons. The highest BCUT2D eigenvalue weighted by atomic mass is 127. The van der Waals surface area contributed by atoms with Gasteiger partial charge >= 0.3 is 0 Å². The van der Waals surface area contributed by atoms with Crippen molar-refractivity contribution in [1.82, 2.24) is 0 Å². The van der Waals surface area contributed by atoms with E-state index < -0.39 is 0 Å². The molecule has 0 aliphatic rings. The van der Waals surface area contributed by atoms with E-state index in [1.165, 1.54) is 41.6 Å². The fourth-order valence-corrected chi connectivity index (χ4v) is 4.89. The Morgan fingerprint density at radius 1 is 0.615 bits per heavy atom. The molecule has 0 saturated carbocycles. The van der Waals surface area contributed by atoms with E-state index in [2.05, 4.69) is 89.3 Å². The van der Waals surface area contributed by atoms with Crippen molar-refractivity contribution in [2.45, 2.75) is 0 Å². The van der Waals surface area contributed by atoms with Crippen molar-refractivity contribution in [1.29, 1.82) is 0 Å². The van der Waals surface area contributed by atoms with Gasteiger partial charge in [0.15, 0.2) is 0 Å². The standard InChI is InChI=1S/C24H15IO/c25-24-21-9-5-4-8-19(21)20-12-10-16-14-17(26)11-13-18(16)23(20)22(24)15-6-2-1-3-7-15/h1-14,26H. The van der Waals surface area contributed by atoms with Gasteiger partial charge in [0.05, 0.1) is 0 Å². The van der Waals surface area contributed by atoms with Crippen LogP contribution >= 0.6 is 22.6 Å². The molecule has 0 fully saturated rings. The Balaban J connectivity index is 2.10. The zero-order chi connectivity index (χ0) is 17.7. The van der Waals surface area contributed by atoms with Crippen LogP contribution in [0.3, 0.4) is 0 Å². The van der Waals surface area contributed by atoms with E-state index in [9.17, 15) is 5.11 Å². The Labute approximate surface area is 165 Å². The van der Waals surface area contributed by atoms with Gasteiger partial charge in [-0.25, -0.2) is 0 Å². The molecule has 0 spiro atoms. The van der Waals surface area contributed by atoms with Crippen molar-refractivity contribution in [3.05, 3.63) is 88.5 Å². The summed E-state index contributed by atoms with van der Waals surface area (Å²) in [4.78, 5) is 0. The number of rotatable bonds is 1. The Morgan fingerprint density at radius 3 is 2.12 bits per heavy atom. The molecule has 0 saturated heterocycles. The fourth-order valence-electron chi connectivity index (χ4n) is 3.84. The summed E-state index contributed by atoms with van der Waals surface area (Å²) >= 11 is 2.48. The third-order valence-electron chi connectivity index (χ3n) is 4.99. The Bertz CT molecular complexity index is 1290. The van der Waals surface area contributed by atoms with E-state index in [0.29, 0.717) is 5.75 Å². The Morgan fingerprint density at radius 2 is 1.31 bits per heavy atom.